The second kappa shape index (κ2) is 7.46. The fourth-order valence-corrected chi connectivity index (χ4v) is 2.49. The molecule has 0 radical (unpaired) electrons. The third kappa shape index (κ3) is 4.21. The van der Waals surface area contributed by atoms with Crippen LogP contribution in [-0.4, -0.2) is 41.7 Å². The molecule has 1 aliphatic carbocycles. The summed E-state index contributed by atoms with van der Waals surface area (Å²) < 4.78 is 5.58. The van der Waals surface area contributed by atoms with Crippen LogP contribution in [0.5, 0.6) is 5.75 Å². The number of carbonyl (C=O) groups is 1. The third-order valence-corrected chi connectivity index (χ3v) is 4.09. The molecule has 0 spiro atoms. The maximum Gasteiger partial charge on any atom is 0.260 e. The highest BCUT2D eigenvalue weighted by Gasteiger charge is 2.28. The number of carbonyl (C=O) groups excluding carboxylic acids is 1. The molecule has 4 nitrogen and oxygen atoms in total. The molecule has 1 aromatic rings. The number of aliphatic hydroxyl groups is 1. The van der Waals surface area contributed by atoms with Gasteiger partial charge in [0.25, 0.3) is 5.91 Å². The normalized spacial score (nSPS) is 14.9. The first kappa shape index (κ1) is 15.8. The number of aliphatic hydroxyl groups excluding tert-OH is 1. The maximum atomic E-state index is 12.2. The van der Waals surface area contributed by atoms with E-state index in [1.54, 1.807) is 4.90 Å². The van der Waals surface area contributed by atoms with Crippen molar-refractivity contribution >= 4 is 5.91 Å². The Hall–Kier alpha value is -1.55. The number of hydrogen-bond acceptors (Lipinski definition) is 3. The Morgan fingerprint density at radius 3 is 2.48 bits per heavy atom. The van der Waals surface area contributed by atoms with Crippen LogP contribution in [0.1, 0.15) is 44.6 Å². The van der Waals surface area contributed by atoms with Crippen molar-refractivity contribution in [3.63, 3.8) is 0 Å². The van der Waals surface area contributed by atoms with Gasteiger partial charge < -0.3 is 14.7 Å². The van der Waals surface area contributed by atoms with Gasteiger partial charge in [0.05, 0.1) is 6.61 Å². The molecule has 2 rings (SSSR count). The number of ether oxygens (including phenoxy) is 1. The highest BCUT2D eigenvalue weighted by atomic mass is 16.5. The minimum Gasteiger partial charge on any atom is -0.484 e. The Labute approximate surface area is 126 Å². The van der Waals surface area contributed by atoms with E-state index in [1.165, 1.54) is 5.56 Å². The second-order valence-corrected chi connectivity index (χ2v) is 5.91. The van der Waals surface area contributed by atoms with Crippen molar-refractivity contribution in [2.75, 3.05) is 19.8 Å². The first-order valence-electron chi connectivity index (χ1n) is 7.75. The zero-order chi connectivity index (χ0) is 15.2. The van der Waals surface area contributed by atoms with Crippen molar-refractivity contribution in [3.8, 4) is 5.75 Å². The fraction of sp³-hybridized carbons (Fsp3) is 0.588. The summed E-state index contributed by atoms with van der Waals surface area (Å²) in [5, 5.41) is 9.09. The number of nitrogens with zero attached hydrogens (tertiary/aromatic N) is 1. The molecule has 0 saturated heterocycles. The number of amides is 1. The lowest BCUT2D eigenvalue weighted by molar-refractivity contribution is -0.138. The highest BCUT2D eigenvalue weighted by molar-refractivity contribution is 5.78. The van der Waals surface area contributed by atoms with Crippen LogP contribution in [0.2, 0.25) is 0 Å². The minimum absolute atomic E-state index is 0.00528. The van der Waals surface area contributed by atoms with Gasteiger partial charge in [-0.1, -0.05) is 26.0 Å². The molecule has 116 valence electrons. The Kier molecular flexibility index (Phi) is 5.62. The summed E-state index contributed by atoms with van der Waals surface area (Å²) in [5.41, 5.74) is 1.25. The van der Waals surface area contributed by atoms with E-state index in [-0.39, 0.29) is 25.2 Å². The molecule has 0 aromatic heterocycles. The lowest BCUT2D eigenvalue weighted by Gasteiger charge is -2.37. The first-order chi connectivity index (χ1) is 10.1. The zero-order valence-electron chi connectivity index (χ0n) is 12.9. The summed E-state index contributed by atoms with van der Waals surface area (Å²) >= 11 is 0. The topological polar surface area (TPSA) is 49.8 Å². The maximum absolute atomic E-state index is 12.2. The molecule has 21 heavy (non-hydrogen) atoms. The van der Waals surface area contributed by atoms with Crippen LogP contribution in [0.3, 0.4) is 0 Å². The van der Waals surface area contributed by atoms with E-state index in [0.717, 1.165) is 19.3 Å². The summed E-state index contributed by atoms with van der Waals surface area (Å²) in [4.78, 5) is 14.0. The molecule has 1 saturated carbocycles. The van der Waals surface area contributed by atoms with Gasteiger partial charge in [-0.3, -0.25) is 4.79 Å². The molecule has 1 fully saturated rings. The Balaban J connectivity index is 1.86. The van der Waals surface area contributed by atoms with Crippen molar-refractivity contribution < 1.29 is 14.6 Å². The molecular weight excluding hydrogens is 266 g/mol. The number of benzene rings is 1. The quantitative estimate of drug-likeness (QED) is 0.840. The molecule has 1 amide bonds. The van der Waals surface area contributed by atoms with Gasteiger partial charge in [0.2, 0.25) is 0 Å². The van der Waals surface area contributed by atoms with Gasteiger partial charge in [-0.05, 0) is 42.9 Å². The van der Waals surface area contributed by atoms with Gasteiger partial charge in [-0.2, -0.15) is 0 Å². The summed E-state index contributed by atoms with van der Waals surface area (Å²) in [5.74, 6) is 1.16. The Morgan fingerprint density at radius 1 is 1.33 bits per heavy atom. The van der Waals surface area contributed by atoms with Crippen LogP contribution in [0.15, 0.2) is 24.3 Å². The average Bonchev–Trinajstić information content (AvgIpc) is 2.43. The predicted octanol–water partition coefficient (Wildman–Crippen LogP) is 2.56. The molecule has 0 bridgehead atoms. The van der Waals surface area contributed by atoms with Gasteiger partial charge >= 0.3 is 0 Å². The van der Waals surface area contributed by atoms with E-state index in [1.807, 2.05) is 24.3 Å². The van der Waals surface area contributed by atoms with Gasteiger partial charge in [0, 0.05) is 12.6 Å². The van der Waals surface area contributed by atoms with Crippen molar-refractivity contribution in [2.24, 2.45) is 0 Å². The monoisotopic (exact) mass is 291 g/mol. The second-order valence-electron chi connectivity index (χ2n) is 5.91. The van der Waals surface area contributed by atoms with Gasteiger partial charge in [-0.15, -0.1) is 0 Å². The van der Waals surface area contributed by atoms with Crippen LogP contribution in [0.4, 0.5) is 0 Å². The van der Waals surface area contributed by atoms with Gasteiger partial charge in [0.15, 0.2) is 6.61 Å². The number of rotatable bonds is 7. The van der Waals surface area contributed by atoms with E-state index in [0.29, 0.717) is 18.2 Å². The van der Waals surface area contributed by atoms with E-state index in [2.05, 4.69) is 13.8 Å². The Morgan fingerprint density at radius 2 is 2.00 bits per heavy atom. The van der Waals surface area contributed by atoms with Crippen LogP contribution < -0.4 is 4.74 Å². The average molecular weight is 291 g/mol. The molecule has 1 aromatic carbocycles. The summed E-state index contributed by atoms with van der Waals surface area (Å²) in [7, 11) is 0. The van der Waals surface area contributed by atoms with Crippen molar-refractivity contribution in [2.45, 2.75) is 45.1 Å². The summed E-state index contributed by atoms with van der Waals surface area (Å²) in [6.07, 6.45) is 3.24. The zero-order valence-corrected chi connectivity index (χ0v) is 12.9. The van der Waals surface area contributed by atoms with Crippen molar-refractivity contribution in [1.82, 2.24) is 4.90 Å². The standard InChI is InChI=1S/C17H25NO3/c1-13(2)14-6-8-16(9-7-14)21-12-17(20)18(10-11-19)15-4-3-5-15/h6-9,13,15,19H,3-5,10-12H2,1-2H3. The van der Waals surface area contributed by atoms with E-state index >= 15 is 0 Å². The minimum atomic E-state index is -0.0401. The summed E-state index contributed by atoms with van der Waals surface area (Å²) in [6.45, 7) is 4.73. The van der Waals surface area contributed by atoms with Crippen molar-refractivity contribution in [1.29, 1.82) is 0 Å². The first-order valence-corrected chi connectivity index (χ1v) is 7.75. The summed E-state index contributed by atoms with van der Waals surface area (Å²) in [6, 6.07) is 8.16. The molecule has 0 aliphatic heterocycles. The lowest BCUT2D eigenvalue weighted by atomic mass is 9.91. The molecule has 4 heteroatoms. The molecule has 1 aliphatic rings. The third-order valence-electron chi connectivity index (χ3n) is 4.09. The molecular formula is C17H25NO3. The van der Waals surface area contributed by atoms with Gasteiger partial charge in [0.1, 0.15) is 5.75 Å². The van der Waals surface area contributed by atoms with E-state index in [4.69, 9.17) is 9.84 Å². The molecule has 1 N–H and O–H groups in total. The molecule has 0 atom stereocenters. The molecule has 0 heterocycles. The van der Waals surface area contributed by atoms with Crippen LogP contribution >= 0.6 is 0 Å². The lowest BCUT2D eigenvalue weighted by Crippen LogP contribution is -2.47. The Bertz CT molecular complexity index is 452. The fourth-order valence-electron chi connectivity index (χ4n) is 2.49. The van der Waals surface area contributed by atoms with Crippen molar-refractivity contribution in [3.05, 3.63) is 29.8 Å². The largest absolute Gasteiger partial charge is 0.484 e. The van der Waals surface area contributed by atoms with Crippen LogP contribution in [0.25, 0.3) is 0 Å². The molecule has 0 unspecified atom stereocenters. The van der Waals surface area contributed by atoms with E-state index < -0.39 is 0 Å². The smallest absolute Gasteiger partial charge is 0.260 e. The highest BCUT2D eigenvalue weighted by Crippen LogP contribution is 2.25. The van der Waals surface area contributed by atoms with Crippen LogP contribution in [0, 0.1) is 0 Å². The number of hydrogen-bond donors (Lipinski definition) is 1. The van der Waals surface area contributed by atoms with Crippen LogP contribution in [-0.2, 0) is 4.79 Å². The predicted molar refractivity (Wildman–Crippen MR) is 82.5 cm³/mol. The van der Waals surface area contributed by atoms with Gasteiger partial charge in [-0.25, -0.2) is 0 Å². The van der Waals surface area contributed by atoms with E-state index in [9.17, 15) is 4.79 Å². The SMILES string of the molecule is CC(C)c1ccc(OCC(=O)N(CCO)C2CCC2)cc1.